The van der Waals surface area contributed by atoms with Crippen molar-refractivity contribution in [1.29, 1.82) is 0 Å². The Morgan fingerprint density at radius 2 is 1.86 bits per heavy atom. The topological polar surface area (TPSA) is 67.1 Å². The molecule has 110 valence electrons. The summed E-state index contributed by atoms with van der Waals surface area (Å²) in [6.45, 7) is 4.19. The number of nitrogens with one attached hydrogen (secondary N) is 1. The summed E-state index contributed by atoms with van der Waals surface area (Å²) in [5.74, 6) is 1.52. The van der Waals surface area contributed by atoms with E-state index in [9.17, 15) is 0 Å². The van der Waals surface area contributed by atoms with E-state index in [0.717, 1.165) is 31.0 Å². The third kappa shape index (κ3) is 2.91. The van der Waals surface area contributed by atoms with Crippen LogP contribution in [0.1, 0.15) is 25.3 Å². The molecule has 5 heteroatoms. The number of aromatic nitrogens is 2. The lowest BCUT2D eigenvalue weighted by atomic mass is 10.1. The molecule has 0 radical (unpaired) electrons. The molecule has 1 fully saturated rings. The second-order valence-corrected chi connectivity index (χ2v) is 5.33. The molecule has 2 aromatic rings. The van der Waals surface area contributed by atoms with Gasteiger partial charge in [-0.25, -0.2) is 9.97 Å². The molecule has 3 rings (SSSR count). The Hall–Kier alpha value is -2.30. The zero-order chi connectivity index (χ0) is 14.7. The van der Waals surface area contributed by atoms with Gasteiger partial charge in [-0.2, -0.15) is 0 Å². The summed E-state index contributed by atoms with van der Waals surface area (Å²) >= 11 is 0. The molecule has 0 aliphatic carbocycles. The van der Waals surface area contributed by atoms with Crippen molar-refractivity contribution in [3.05, 3.63) is 36.2 Å². The molecule has 0 amide bonds. The number of anilines is 4. The third-order valence-corrected chi connectivity index (χ3v) is 3.89. The van der Waals surface area contributed by atoms with Crippen LogP contribution in [0.25, 0.3) is 0 Å². The average Bonchev–Trinajstić information content (AvgIpc) is 3.04. The van der Waals surface area contributed by atoms with Crippen LogP contribution < -0.4 is 16.0 Å². The van der Waals surface area contributed by atoms with Gasteiger partial charge in [-0.1, -0.05) is 19.1 Å². The van der Waals surface area contributed by atoms with Crippen molar-refractivity contribution in [2.45, 2.75) is 26.2 Å². The first-order valence-corrected chi connectivity index (χ1v) is 7.49. The van der Waals surface area contributed by atoms with E-state index in [0.29, 0.717) is 11.5 Å². The molecule has 1 aliphatic heterocycles. The van der Waals surface area contributed by atoms with Crippen molar-refractivity contribution in [2.24, 2.45) is 0 Å². The smallest absolute Gasteiger partial charge is 0.159 e. The second-order valence-electron chi connectivity index (χ2n) is 5.33. The molecule has 2 heterocycles. The van der Waals surface area contributed by atoms with Crippen LogP contribution in [0, 0.1) is 0 Å². The molecule has 0 saturated carbocycles. The summed E-state index contributed by atoms with van der Waals surface area (Å²) in [6, 6.07) is 8.33. The maximum absolute atomic E-state index is 6.24. The van der Waals surface area contributed by atoms with Crippen LogP contribution in [-0.2, 0) is 6.42 Å². The van der Waals surface area contributed by atoms with E-state index in [2.05, 4.69) is 51.4 Å². The molecule has 1 aromatic heterocycles. The number of benzene rings is 1. The number of nitrogens with zero attached hydrogens (tertiary/aromatic N) is 3. The molecule has 21 heavy (non-hydrogen) atoms. The van der Waals surface area contributed by atoms with E-state index >= 15 is 0 Å². The number of nitrogens with two attached hydrogens (primary N) is 1. The second kappa shape index (κ2) is 5.99. The number of hydrogen-bond acceptors (Lipinski definition) is 5. The Morgan fingerprint density at radius 3 is 2.52 bits per heavy atom. The Kier molecular flexibility index (Phi) is 3.90. The third-order valence-electron chi connectivity index (χ3n) is 3.89. The lowest BCUT2D eigenvalue weighted by Gasteiger charge is -2.19. The fraction of sp³-hybridized carbons (Fsp3) is 0.375. The minimum Gasteiger partial charge on any atom is -0.393 e. The molecule has 1 aromatic carbocycles. The van der Waals surface area contributed by atoms with Gasteiger partial charge in [0.2, 0.25) is 0 Å². The number of rotatable bonds is 4. The van der Waals surface area contributed by atoms with Crippen molar-refractivity contribution in [2.75, 3.05) is 29.0 Å². The van der Waals surface area contributed by atoms with E-state index in [1.165, 1.54) is 18.4 Å². The summed E-state index contributed by atoms with van der Waals surface area (Å²) in [7, 11) is 0. The SMILES string of the molecule is CCc1ccc(Nc2ncnc(N3CCCC3)c2N)cc1. The molecule has 5 nitrogen and oxygen atoms in total. The van der Waals surface area contributed by atoms with E-state index < -0.39 is 0 Å². The van der Waals surface area contributed by atoms with Crippen LogP contribution in [0.5, 0.6) is 0 Å². The largest absolute Gasteiger partial charge is 0.393 e. The molecule has 1 aliphatic rings. The van der Waals surface area contributed by atoms with Crippen LogP contribution in [0.2, 0.25) is 0 Å². The van der Waals surface area contributed by atoms with Crippen LogP contribution in [-0.4, -0.2) is 23.1 Å². The van der Waals surface area contributed by atoms with Gasteiger partial charge >= 0.3 is 0 Å². The van der Waals surface area contributed by atoms with Gasteiger partial charge in [-0.3, -0.25) is 0 Å². The summed E-state index contributed by atoms with van der Waals surface area (Å²) < 4.78 is 0. The van der Waals surface area contributed by atoms with Crippen molar-refractivity contribution in [3.63, 3.8) is 0 Å². The highest BCUT2D eigenvalue weighted by atomic mass is 15.2. The highest BCUT2D eigenvalue weighted by molar-refractivity contribution is 5.78. The Morgan fingerprint density at radius 1 is 1.14 bits per heavy atom. The fourth-order valence-electron chi connectivity index (χ4n) is 2.63. The molecular weight excluding hydrogens is 262 g/mol. The zero-order valence-electron chi connectivity index (χ0n) is 12.3. The van der Waals surface area contributed by atoms with Crippen LogP contribution >= 0.6 is 0 Å². The first kappa shape index (κ1) is 13.7. The van der Waals surface area contributed by atoms with E-state index in [1.54, 1.807) is 6.33 Å². The molecule has 0 unspecified atom stereocenters. The van der Waals surface area contributed by atoms with Gasteiger partial charge < -0.3 is 16.0 Å². The maximum Gasteiger partial charge on any atom is 0.159 e. The molecule has 0 atom stereocenters. The lowest BCUT2D eigenvalue weighted by Crippen LogP contribution is -2.21. The quantitative estimate of drug-likeness (QED) is 0.903. The van der Waals surface area contributed by atoms with Crippen molar-refractivity contribution < 1.29 is 0 Å². The number of aryl methyl sites for hydroxylation is 1. The van der Waals surface area contributed by atoms with Gasteiger partial charge in [0, 0.05) is 18.8 Å². The predicted octanol–water partition coefficient (Wildman–Crippen LogP) is 2.97. The van der Waals surface area contributed by atoms with Gasteiger partial charge in [0.15, 0.2) is 11.6 Å². The Balaban J connectivity index is 1.82. The first-order chi connectivity index (χ1) is 10.3. The maximum atomic E-state index is 6.24. The average molecular weight is 283 g/mol. The molecular formula is C16H21N5. The standard InChI is InChI=1S/C16H21N5/c1-2-12-5-7-13(8-6-12)20-15-14(17)16(19-11-18-15)21-9-3-4-10-21/h5-8,11H,2-4,9-10,17H2,1H3,(H,18,19,20). The van der Waals surface area contributed by atoms with E-state index in [1.807, 2.05) is 0 Å². The zero-order valence-corrected chi connectivity index (χ0v) is 12.3. The van der Waals surface area contributed by atoms with Crippen LogP contribution in [0.3, 0.4) is 0 Å². The van der Waals surface area contributed by atoms with Gasteiger partial charge in [0.05, 0.1) is 0 Å². The van der Waals surface area contributed by atoms with Crippen LogP contribution in [0.4, 0.5) is 23.0 Å². The van der Waals surface area contributed by atoms with Gasteiger partial charge in [-0.15, -0.1) is 0 Å². The summed E-state index contributed by atoms with van der Waals surface area (Å²) in [5.41, 5.74) is 9.17. The van der Waals surface area contributed by atoms with Gasteiger partial charge in [0.25, 0.3) is 0 Å². The summed E-state index contributed by atoms with van der Waals surface area (Å²) in [4.78, 5) is 10.8. The molecule has 0 bridgehead atoms. The minimum atomic E-state index is 0.624. The highest BCUT2D eigenvalue weighted by Gasteiger charge is 2.18. The van der Waals surface area contributed by atoms with Crippen molar-refractivity contribution in [3.8, 4) is 0 Å². The number of nitrogen functional groups attached to an aromatic ring is 1. The first-order valence-electron chi connectivity index (χ1n) is 7.49. The monoisotopic (exact) mass is 283 g/mol. The van der Waals surface area contributed by atoms with Crippen LogP contribution in [0.15, 0.2) is 30.6 Å². The molecule has 1 saturated heterocycles. The summed E-state index contributed by atoms with van der Waals surface area (Å²) in [5, 5.41) is 3.28. The lowest BCUT2D eigenvalue weighted by molar-refractivity contribution is 0.931. The highest BCUT2D eigenvalue weighted by Crippen LogP contribution is 2.30. The summed E-state index contributed by atoms with van der Waals surface area (Å²) in [6.07, 6.45) is 5.01. The Labute approximate surface area is 125 Å². The van der Waals surface area contributed by atoms with E-state index in [-0.39, 0.29) is 0 Å². The fourth-order valence-corrected chi connectivity index (χ4v) is 2.63. The minimum absolute atomic E-state index is 0.624. The number of hydrogen-bond donors (Lipinski definition) is 2. The Bertz CT molecular complexity index is 603. The van der Waals surface area contributed by atoms with Crippen molar-refractivity contribution in [1.82, 2.24) is 9.97 Å². The molecule has 3 N–H and O–H groups in total. The van der Waals surface area contributed by atoms with Gasteiger partial charge in [-0.05, 0) is 37.0 Å². The molecule has 0 spiro atoms. The van der Waals surface area contributed by atoms with Gasteiger partial charge in [0.1, 0.15) is 12.0 Å². The van der Waals surface area contributed by atoms with E-state index in [4.69, 9.17) is 5.73 Å². The normalized spacial score (nSPS) is 14.4. The predicted molar refractivity (Wildman–Crippen MR) is 87.0 cm³/mol. The van der Waals surface area contributed by atoms with Crippen molar-refractivity contribution >= 4 is 23.0 Å².